The quantitative estimate of drug-likeness (QED) is 0.473. The Hall–Kier alpha value is -2.58. The highest BCUT2D eigenvalue weighted by molar-refractivity contribution is 7.92. The Morgan fingerprint density at radius 2 is 1.66 bits per heavy atom. The van der Waals surface area contributed by atoms with Gasteiger partial charge in [-0.05, 0) is 64.3 Å². The predicted octanol–water partition coefficient (Wildman–Crippen LogP) is 4.44. The minimum absolute atomic E-state index is 0.0504. The predicted molar refractivity (Wildman–Crippen MR) is 142 cm³/mol. The zero-order valence-electron chi connectivity index (χ0n) is 21.3. The second kappa shape index (κ2) is 12.4. The van der Waals surface area contributed by atoms with Crippen LogP contribution in [0, 0.1) is 13.8 Å². The number of nitrogens with one attached hydrogen (secondary N) is 1. The van der Waals surface area contributed by atoms with Gasteiger partial charge in [-0.15, -0.1) is 0 Å². The molecule has 0 saturated heterocycles. The molecule has 0 aromatic heterocycles. The first-order valence-electron chi connectivity index (χ1n) is 11.7. The maximum absolute atomic E-state index is 13.3. The van der Waals surface area contributed by atoms with Crippen LogP contribution in [0.3, 0.4) is 0 Å². The van der Waals surface area contributed by atoms with E-state index >= 15 is 0 Å². The SMILES string of the molecule is Cc1ccc(CN(C(=O)CCCN(c2cccc(Cl)c2C)S(C)(=O)=O)C(C)C(=O)NC(C)C)cc1. The highest BCUT2D eigenvalue weighted by atomic mass is 35.5. The number of rotatable bonds is 11. The third-order valence-electron chi connectivity index (χ3n) is 5.73. The van der Waals surface area contributed by atoms with E-state index in [1.807, 2.05) is 45.0 Å². The third kappa shape index (κ3) is 8.25. The van der Waals surface area contributed by atoms with Gasteiger partial charge in [0.2, 0.25) is 21.8 Å². The van der Waals surface area contributed by atoms with Crippen molar-refractivity contribution in [3.63, 3.8) is 0 Å². The van der Waals surface area contributed by atoms with E-state index in [4.69, 9.17) is 11.6 Å². The van der Waals surface area contributed by atoms with Gasteiger partial charge in [0.25, 0.3) is 0 Å². The lowest BCUT2D eigenvalue weighted by Crippen LogP contribution is -2.49. The van der Waals surface area contributed by atoms with Crippen molar-refractivity contribution < 1.29 is 18.0 Å². The molecule has 2 aromatic rings. The normalized spacial score (nSPS) is 12.3. The number of sulfonamides is 1. The van der Waals surface area contributed by atoms with Crippen LogP contribution in [0.4, 0.5) is 5.69 Å². The maximum atomic E-state index is 13.3. The number of amides is 2. The fourth-order valence-corrected chi connectivity index (χ4v) is 4.91. The molecule has 1 atom stereocenters. The molecule has 1 unspecified atom stereocenters. The molecule has 2 amide bonds. The number of aryl methyl sites for hydroxylation is 1. The average Bonchev–Trinajstić information content (AvgIpc) is 2.76. The molecule has 7 nitrogen and oxygen atoms in total. The number of carbonyl (C=O) groups is 2. The van der Waals surface area contributed by atoms with E-state index in [-0.39, 0.29) is 37.4 Å². The third-order valence-corrected chi connectivity index (χ3v) is 7.32. The molecular weight excluding hydrogens is 486 g/mol. The van der Waals surface area contributed by atoms with Gasteiger partial charge >= 0.3 is 0 Å². The minimum Gasteiger partial charge on any atom is -0.352 e. The van der Waals surface area contributed by atoms with Crippen molar-refractivity contribution in [1.82, 2.24) is 10.2 Å². The van der Waals surface area contributed by atoms with Crippen molar-refractivity contribution in [1.29, 1.82) is 0 Å². The van der Waals surface area contributed by atoms with Gasteiger partial charge in [0.1, 0.15) is 6.04 Å². The summed E-state index contributed by atoms with van der Waals surface area (Å²) >= 11 is 6.20. The number of hydrogen-bond acceptors (Lipinski definition) is 4. The zero-order valence-corrected chi connectivity index (χ0v) is 22.9. The monoisotopic (exact) mass is 521 g/mol. The fourth-order valence-electron chi connectivity index (χ4n) is 3.73. The van der Waals surface area contributed by atoms with Gasteiger partial charge in [0.05, 0.1) is 11.9 Å². The van der Waals surface area contributed by atoms with Crippen LogP contribution in [-0.2, 0) is 26.2 Å². The number of nitrogens with zero attached hydrogens (tertiary/aromatic N) is 2. The van der Waals surface area contributed by atoms with E-state index in [2.05, 4.69) is 5.32 Å². The number of carbonyl (C=O) groups excluding carboxylic acids is 2. The van der Waals surface area contributed by atoms with E-state index in [1.165, 1.54) is 4.31 Å². The molecule has 0 heterocycles. The number of halogens is 1. The first-order valence-corrected chi connectivity index (χ1v) is 13.9. The van der Waals surface area contributed by atoms with E-state index in [0.29, 0.717) is 22.7 Å². The molecule has 2 aromatic carbocycles. The first kappa shape index (κ1) is 28.7. The van der Waals surface area contributed by atoms with Crippen LogP contribution in [0.1, 0.15) is 50.3 Å². The molecule has 35 heavy (non-hydrogen) atoms. The van der Waals surface area contributed by atoms with Crippen molar-refractivity contribution >= 4 is 39.1 Å². The van der Waals surface area contributed by atoms with Gasteiger partial charge in [0.15, 0.2) is 0 Å². The van der Waals surface area contributed by atoms with Crippen LogP contribution in [0.5, 0.6) is 0 Å². The van der Waals surface area contributed by atoms with Crippen molar-refractivity contribution in [3.8, 4) is 0 Å². The molecule has 0 aliphatic carbocycles. The van der Waals surface area contributed by atoms with E-state index in [0.717, 1.165) is 17.4 Å². The van der Waals surface area contributed by atoms with Gasteiger partial charge in [-0.2, -0.15) is 0 Å². The number of anilines is 1. The number of benzene rings is 2. The second-order valence-electron chi connectivity index (χ2n) is 9.17. The minimum atomic E-state index is -3.59. The molecule has 0 spiro atoms. The Labute approximate surface area is 214 Å². The molecule has 0 aliphatic rings. The average molecular weight is 522 g/mol. The van der Waals surface area contributed by atoms with Crippen molar-refractivity contribution in [2.45, 2.75) is 66.1 Å². The van der Waals surface area contributed by atoms with Gasteiger partial charge < -0.3 is 10.2 Å². The molecule has 192 valence electrons. The fraction of sp³-hybridized carbons (Fsp3) is 0.462. The van der Waals surface area contributed by atoms with Crippen LogP contribution >= 0.6 is 11.6 Å². The summed E-state index contributed by atoms with van der Waals surface area (Å²) < 4.78 is 26.3. The Balaban J connectivity index is 2.20. The number of hydrogen-bond donors (Lipinski definition) is 1. The molecule has 0 radical (unpaired) electrons. The Kier molecular flexibility index (Phi) is 10.2. The second-order valence-corrected chi connectivity index (χ2v) is 11.5. The largest absolute Gasteiger partial charge is 0.352 e. The van der Waals surface area contributed by atoms with Crippen LogP contribution in [0.15, 0.2) is 42.5 Å². The highest BCUT2D eigenvalue weighted by Gasteiger charge is 2.27. The molecule has 9 heteroatoms. The van der Waals surface area contributed by atoms with E-state index in [9.17, 15) is 18.0 Å². The van der Waals surface area contributed by atoms with Crippen molar-refractivity contribution in [2.75, 3.05) is 17.1 Å². The van der Waals surface area contributed by atoms with Crippen molar-refractivity contribution in [2.24, 2.45) is 0 Å². The molecule has 2 rings (SSSR count). The lowest BCUT2D eigenvalue weighted by atomic mass is 10.1. The lowest BCUT2D eigenvalue weighted by molar-refractivity contribution is -0.140. The lowest BCUT2D eigenvalue weighted by Gasteiger charge is -2.30. The van der Waals surface area contributed by atoms with Gasteiger partial charge in [-0.3, -0.25) is 13.9 Å². The van der Waals surface area contributed by atoms with Crippen molar-refractivity contribution in [3.05, 3.63) is 64.2 Å². The first-order chi connectivity index (χ1) is 16.3. The van der Waals surface area contributed by atoms with Crippen LogP contribution in [0.25, 0.3) is 0 Å². The topological polar surface area (TPSA) is 86.8 Å². The smallest absolute Gasteiger partial charge is 0.242 e. The molecule has 0 saturated carbocycles. The van der Waals surface area contributed by atoms with Crippen LogP contribution in [0.2, 0.25) is 5.02 Å². The van der Waals surface area contributed by atoms with Gasteiger partial charge in [0, 0.05) is 30.6 Å². The van der Waals surface area contributed by atoms with Gasteiger partial charge in [-0.25, -0.2) is 8.42 Å². The highest BCUT2D eigenvalue weighted by Crippen LogP contribution is 2.28. The van der Waals surface area contributed by atoms with Crippen LogP contribution < -0.4 is 9.62 Å². The molecule has 1 N–H and O–H groups in total. The summed E-state index contributed by atoms with van der Waals surface area (Å²) in [5, 5.41) is 3.34. The molecule has 0 fully saturated rings. The van der Waals surface area contributed by atoms with Crippen LogP contribution in [-0.4, -0.2) is 50.0 Å². The summed E-state index contributed by atoms with van der Waals surface area (Å²) in [6.07, 6.45) is 1.52. The summed E-state index contributed by atoms with van der Waals surface area (Å²) in [6, 6.07) is 12.2. The molecule has 0 aliphatic heterocycles. The van der Waals surface area contributed by atoms with E-state index in [1.54, 1.807) is 36.9 Å². The van der Waals surface area contributed by atoms with Gasteiger partial charge in [-0.1, -0.05) is 47.5 Å². The summed E-state index contributed by atoms with van der Waals surface area (Å²) in [5.41, 5.74) is 3.18. The summed E-state index contributed by atoms with van der Waals surface area (Å²) in [5.74, 6) is -0.443. The van der Waals surface area contributed by atoms with E-state index < -0.39 is 16.1 Å². The summed E-state index contributed by atoms with van der Waals surface area (Å²) in [7, 11) is -3.59. The Bertz CT molecular complexity index is 1130. The summed E-state index contributed by atoms with van der Waals surface area (Å²) in [4.78, 5) is 27.6. The standard InChI is InChI=1S/C26H36ClN3O4S/c1-18(2)28-26(32)21(5)29(17-22-14-12-19(3)13-15-22)25(31)11-8-16-30(35(6,33)34)24-10-7-9-23(27)20(24)4/h7,9-10,12-15,18,21H,8,11,16-17H2,1-6H3,(H,28,32). The Morgan fingerprint density at radius 1 is 1.03 bits per heavy atom. The summed E-state index contributed by atoms with van der Waals surface area (Å²) in [6.45, 7) is 9.61. The zero-order chi connectivity index (χ0) is 26.3. The Morgan fingerprint density at radius 3 is 2.23 bits per heavy atom. The molecular formula is C26H36ClN3O4S. The maximum Gasteiger partial charge on any atom is 0.242 e. The molecule has 0 bridgehead atoms.